The molecule has 3 nitrogen and oxygen atoms in total. The van der Waals surface area contributed by atoms with E-state index in [0.29, 0.717) is 13.0 Å². The van der Waals surface area contributed by atoms with Gasteiger partial charge in [0.15, 0.2) is 9.84 Å². The first-order chi connectivity index (χ1) is 6.96. The van der Waals surface area contributed by atoms with Gasteiger partial charge in [-0.15, -0.1) is 0 Å². The number of hydrogen-bond donors (Lipinski definition) is 1. The average Bonchev–Trinajstić information content (AvgIpc) is 2.22. The first-order valence-corrected chi connectivity index (χ1v) is 7.51. The monoisotopic (exact) mass is 235 g/mol. The highest BCUT2D eigenvalue weighted by Crippen LogP contribution is 2.11. The number of unbranched alkanes of at least 4 members (excludes halogenated alkanes) is 1. The lowest BCUT2D eigenvalue weighted by atomic mass is 10.3. The molecule has 0 spiro atoms. The summed E-state index contributed by atoms with van der Waals surface area (Å²) in [4.78, 5) is 0. The summed E-state index contributed by atoms with van der Waals surface area (Å²) >= 11 is 0. The largest absolute Gasteiger partial charge is 0.315 e. The number of nitrogens with one attached hydrogen (secondary N) is 1. The Morgan fingerprint density at radius 3 is 2.20 bits per heavy atom. The van der Waals surface area contributed by atoms with E-state index in [1.54, 1.807) is 13.8 Å². The molecule has 0 aliphatic heterocycles. The minimum absolute atomic E-state index is 0.222. The second kappa shape index (κ2) is 7.23. The molecule has 0 aromatic carbocycles. The third-order valence-corrected chi connectivity index (χ3v) is 5.58. The van der Waals surface area contributed by atoms with Crippen molar-refractivity contribution >= 4 is 9.84 Å². The summed E-state index contributed by atoms with van der Waals surface area (Å²) < 4.78 is 23.8. The van der Waals surface area contributed by atoms with Gasteiger partial charge in [0, 0.05) is 6.54 Å². The van der Waals surface area contributed by atoms with Crippen LogP contribution in [0.1, 0.15) is 47.0 Å². The highest BCUT2D eigenvalue weighted by Gasteiger charge is 2.25. The van der Waals surface area contributed by atoms with Gasteiger partial charge in [0.25, 0.3) is 0 Å². The Bertz CT molecular complexity index is 249. The molecule has 0 saturated heterocycles. The van der Waals surface area contributed by atoms with Crippen LogP contribution in [0.4, 0.5) is 0 Å². The zero-order chi connectivity index (χ0) is 11.9. The van der Waals surface area contributed by atoms with Gasteiger partial charge in [-0.05, 0) is 33.2 Å². The molecule has 2 atom stereocenters. The number of rotatable bonds is 8. The lowest BCUT2D eigenvalue weighted by molar-refractivity contribution is 0.554. The van der Waals surface area contributed by atoms with Crippen molar-refractivity contribution in [3.05, 3.63) is 0 Å². The predicted molar refractivity (Wildman–Crippen MR) is 65.9 cm³/mol. The number of sulfone groups is 1. The van der Waals surface area contributed by atoms with E-state index >= 15 is 0 Å². The van der Waals surface area contributed by atoms with Gasteiger partial charge in [-0.2, -0.15) is 0 Å². The van der Waals surface area contributed by atoms with Crippen molar-refractivity contribution in [2.75, 3.05) is 13.1 Å². The van der Waals surface area contributed by atoms with Gasteiger partial charge in [0.05, 0.1) is 10.5 Å². The van der Waals surface area contributed by atoms with Gasteiger partial charge in [-0.3, -0.25) is 0 Å². The van der Waals surface area contributed by atoms with E-state index in [2.05, 4.69) is 12.2 Å². The van der Waals surface area contributed by atoms with Crippen molar-refractivity contribution < 1.29 is 8.42 Å². The van der Waals surface area contributed by atoms with Crippen molar-refractivity contribution in [2.45, 2.75) is 57.5 Å². The van der Waals surface area contributed by atoms with E-state index in [4.69, 9.17) is 0 Å². The van der Waals surface area contributed by atoms with Crippen molar-refractivity contribution in [1.82, 2.24) is 5.32 Å². The summed E-state index contributed by atoms with van der Waals surface area (Å²) in [6.07, 6.45) is 2.94. The summed E-state index contributed by atoms with van der Waals surface area (Å²) in [6.45, 7) is 9.11. The molecule has 15 heavy (non-hydrogen) atoms. The Hall–Kier alpha value is -0.0900. The van der Waals surface area contributed by atoms with Crippen LogP contribution in [0.5, 0.6) is 0 Å². The van der Waals surface area contributed by atoms with Crippen LogP contribution in [0.25, 0.3) is 0 Å². The summed E-state index contributed by atoms with van der Waals surface area (Å²) in [7, 11) is -2.94. The van der Waals surface area contributed by atoms with Gasteiger partial charge in [0.1, 0.15) is 0 Å². The van der Waals surface area contributed by atoms with Crippen LogP contribution in [0, 0.1) is 0 Å². The normalized spacial score (nSPS) is 16.3. The Morgan fingerprint density at radius 1 is 1.13 bits per heavy atom. The lowest BCUT2D eigenvalue weighted by Crippen LogP contribution is -2.36. The third kappa shape index (κ3) is 4.98. The van der Waals surface area contributed by atoms with Crippen molar-refractivity contribution in [1.29, 1.82) is 0 Å². The molecular weight excluding hydrogens is 210 g/mol. The van der Waals surface area contributed by atoms with Crippen LogP contribution < -0.4 is 5.32 Å². The molecule has 0 saturated carbocycles. The SMILES string of the molecule is CCCCNCC(C)S(=O)(=O)C(C)CC. The average molecular weight is 235 g/mol. The van der Waals surface area contributed by atoms with Crippen LogP contribution >= 0.6 is 0 Å². The molecule has 0 radical (unpaired) electrons. The molecule has 2 unspecified atom stereocenters. The maximum atomic E-state index is 11.9. The maximum absolute atomic E-state index is 11.9. The fourth-order valence-corrected chi connectivity index (χ4v) is 2.96. The second-order valence-electron chi connectivity index (χ2n) is 4.18. The van der Waals surface area contributed by atoms with Crippen molar-refractivity contribution in [3.63, 3.8) is 0 Å². The van der Waals surface area contributed by atoms with E-state index in [1.807, 2.05) is 6.92 Å². The molecular formula is C11H25NO2S. The van der Waals surface area contributed by atoms with Crippen LogP contribution in [0.3, 0.4) is 0 Å². The molecule has 0 heterocycles. The summed E-state index contributed by atoms with van der Waals surface area (Å²) in [5, 5.41) is 2.70. The Kier molecular flexibility index (Phi) is 7.18. The quantitative estimate of drug-likeness (QED) is 0.654. The Labute approximate surface area is 94.6 Å². The van der Waals surface area contributed by atoms with Crippen LogP contribution in [-0.2, 0) is 9.84 Å². The number of hydrogen-bond acceptors (Lipinski definition) is 3. The smallest absolute Gasteiger partial charge is 0.156 e. The predicted octanol–water partition coefficient (Wildman–Crippen LogP) is 1.98. The Balaban J connectivity index is 4.03. The first kappa shape index (κ1) is 14.9. The van der Waals surface area contributed by atoms with E-state index < -0.39 is 9.84 Å². The second-order valence-corrected chi connectivity index (χ2v) is 6.96. The van der Waals surface area contributed by atoms with Gasteiger partial charge >= 0.3 is 0 Å². The van der Waals surface area contributed by atoms with Crippen LogP contribution in [0.2, 0.25) is 0 Å². The molecule has 0 aromatic heterocycles. The maximum Gasteiger partial charge on any atom is 0.156 e. The zero-order valence-electron chi connectivity index (χ0n) is 10.4. The molecule has 0 aliphatic rings. The molecule has 0 aromatic rings. The highest BCUT2D eigenvalue weighted by molar-refractivity contribution is 7.92. The standard InChI is InChI=1S/C11H25NO2S/c1-5-7-8-12-9-11(4)15(13,14)10(3)6-2/h10-12H,5-9H2,1-4H3. The topological polar surface area (TPSA) is 46.2 Å². The van der Waals surface area contributed by atoms with Gasteiger partial charge < -0.3 is 5.32 Å². The zero-order valence-corrected chi connectivity index (χ0v) is 11.2. The van der Waals surface area contributed by atoms with Gasteiger partial charge in [-0.25, -0.2) is 8.42 Å². The Morgan fingerprint density at radius 2 is 1.73 bits per heavy atom. The van der Waals surface area contributed by atoms with E-state index in [-0.39, 0.29) is 10.5 Å². The van der Waals surface area contributed by atoms with Crippen LogP contribution in [0.15, 0.2) is 0 Å². The van der Waals surface area contributed by atoms with Crippen molar-refractivity contribution in [2.24, 2.45) is 0 Å². The summed E-state index contributed by atoms with van der Waals surface area (Å²) in [5.41, 5.74) is 0. The fourth-order valence-electron chi connectivity index (χ4n) is 1.35. The minimum Gasteiger partial charge on any atom is -0.315 e. The fraction of sp³-hybridized carbons (Fsp3) is 1.00. The molecule has 4 heteroatoms. The molecule has 0 aliphatic carbocycles. The molecule has 92 valence electrons. The van der Waals surface area contributed by atoms with Crippen molar-refractivity contribution in [3.8, 4) is 0 Å². The van der Waals surface area contributed by atoms with E-state index in [0.717, 1.165) is 19.4 Å². The van der Waals surface area contributed by atoms with E-state index in [1.165, 1.54) is 0 Å². The summed E-state index contributed by atoms with van der Waals surface area (Å²) in [6, 6.07) is 0. The van der Waals surface area contributed by atoms with Gasteiger partial charge in [0.2, 0.25) is 0 Å². The molecule has 1 N–H and O–H groups in total. The molecule has 0 fully saturated rings. The molecule has 0 rings (SSSR count). The van der Waals surface area contributed by atoms with Gasteiger partial charge in [-0.1, -0.05) is 20.3 Å². The first-order valence-electron chi connectivity index (χ1n) is 5.90. The minimum atomic E-state index is -2.94. The molecule has 0 amide bonds. The molecule has 0 bridgehead atoms. The third-order valence-electron chi connectivity index (χ3n) is 2.84. The lowest BCUT2D eigenvalue weighted by Gasteiger charge is -2.18. The summed E-state index contributed by atoms with van der Waals surface area (Å²) in [5.74, 6) is 0. The highest BCUT2D eigenvalue weighted by atomic mass is 32.2. The van der Waals surface area contributed by atoms with E-state index in [9.17, 15) is 8.42 Å². The van der Waals surface area contributed by atoms with Crippen LogP contribution in [-0.4, -0.2) is 32.0 Å².